The number of piperidine rings is 1. The van der Waals surface area contributed by atoms with Crippen LogP contribution in [-0.4, -0.2) is 45.6 Å². The molecule has 7 nitrogen and oxygen atoms in total. The highest BCUT2D eigenvalue weighted by Gasteiger charge is 2.24. The van der Waals surface area contributed by atoms with E-state index in [1.54, 1.807) is 23.1 Å². The van der Waals surface area contributed by atoms with Gasteiger partial charge >= 0.3 is 6.03 Å². The number of amides is 1. The Morgan fingerprint density at radius 2 is 1.77 bits per heavy atom. The summed E-state index contributed by atoms with van der Waals surface area (Å²) in [5, 5.41) is 8.21. The molecule has 1 N–H and O–H groups in total. The van der Waals surface area contributed by atoms with E-state index in [9.17, 15) is 9.59 Å². The summed E-state index contributed by atoms with van der Waals surface area (Å²) in [7, 11) is 0. The van der Waals surface area contributed by atoms with Crippen molar-refractivity contribution in [1.82, 2.24) is 14.7 Å². The number of hydrogen-bond acceptors (Lipinski definition) is 5. The van der Waals surface area contributed by atoms with Crippen molar-refractivity contribution in [2.45, 2.75) is 25.8 Å². The summed E-state index contributed by atoms with van der Waals surface area (Å²) in [6, 6.07) is 16.7. The number of carbonyl (C=O) groups is 2. The molecule has 0 saturated carbocycles. The Morgan fingerprint density at radius 3 is 2.45 bits per heavy atom. The summed E-state index contributed by atoms with van der Waals surface area (Å²) in [6.07, 6.45) is 3.16. The lowest BCUT2D eigenvalue weighted by Gasteiger charge is -2.32. The molecule has 1 aliphatic heterocycles. The average molecular weight is 439 g/mol. The molecule has 8 heteroatoms. The van der Waals surface area contributed by atoms with E-state index < -0.39 is 0 Å². The van der Waals surface area contributed by atoms with Crippen molar-refractivity contribution < 1.29 is 14.3 Å². The number of benzene rings is 2. The van der Waals surface area contributed by atoms with E-state index in [0.29, 0.717) is 29.6 Å². The molecular formula is C23H23ClN4O3. The van der Waals surface area contributed by atoms with Crippen LogP contribution in [0.1, 0.15) is 30.3 Å². The lowest BCUT2D eigenvalue weighted by atomic mass is 10.0. The predicted octanol–water partition coefficient (Wildman–Crippen LogP) is 5.08. The first kappa shape index (κ1) is 20.9. The van der Waals surface area contributed by atoms with Crippen LogP contribution < -0.4 is 10.1 Å². The standard InChI is InChI=1S/C23H23ClN4O3/c1-16(29)22-10-13-28(26-22)23(30)27-11-8-18(9-12-27)25-19-5-3-7-21(15-19)31-20-6-2-4-17(24)14-20/h2-7,10,13-15,18,25H,8-9,11-12H2,1H3. The van der Waals surface area contributed by atoms with Gasteiger partial charge < -0.3 is 15.0 Å². The normalized spacial score (nSPS) is 14.3. The number of ether oxygens (including phenoxy) is 1. The van der Waals surface area contributed by atoms with E-state index in [0.717, 1.165) is 24.3 Å². The Hall–Kier alpha value is -3.32. The second kappa shape index (κ2) is 9.22. The highest BCUT2D eigenvalue weighted by molar-refractivity contribution is 6.30. The number of halogens is 1. The molecule has 2 aromatic carbocycles. The summed E-state index contributed by atoms with van der Waals surface area (Å²) in [4.78, 5) is 25.8. The monoisotopic (exact) mass is 438 g/mol. The average Bonchev–Trinajstić information content (AvgIpc) is 3.25. The zero-order valence-electron chi connectivity index (χ0n) is 17.1. The minimum atomic E-state index is -0.206. The minimum Gasteiger partial charge on any atom is -0.457 e. The van der Waals surface area contributed by atoms with Crippen LogP contribution in [0.4, 0.5) is 10.5 Å². The summed E-state index contributed by atoms with van der Waals surface area (Å²) in [5.74, 6) is 1.25. The number of nitrogens with zero attached hydrogens (tertiary/aromatic N) is 3. The quantitative estimate of drug-likeness (QED) is 0.562. The van der Waals surface area contributed by atoms with E-state index in [-0.39, 0.29) is 17.9 Å². The molecule has 2 heterocycles. The number of aromatic nitrogens is 2. The van der Waals surface area contributed by atoms with Gasteiger partial charge in [-0.1, -0.05) is 23.7 Å². The van der Waals surface area contributed by atoms with Gasteiger partial charge in [0.2, 0.25) is 0 Å². The fourth-order valence-electron chi connectivity index (χ4n) is 3.53. The molecular weight excluding hydrogens is 416 g/mol. The summed E-state index contributed by atoms with van der Waals surface area (Å²) < 4.78 is 7.13. The van der Waals surface area contributed by atoms with Crippen molar-refractivity contribution in [3.63, 3.8) is 0 Å². The Morgan fingerprint density at radius 1 is 1.06 bits per heavy atom. The third-order valence-electron chi connectivity index (χ3n) is 5.15. The van der Waals surface area contributed by atoms with Gasteiger partial charge in [0.1, 0.15) is 17.2 Å². The molecule has 3 aromatic rings. The molecule has 4 rings (SSSR count). The van der Waals surface area contributed by atoms with Crippen LogP contribution in [0.5, 0.6) is 11.5 Å². The lowest BCUT2D eigenvalue weighted by Crippen LogP contribution is -2.44. The molecule has 0 spiro atoms. The van der Waals surface area contributed by atoms with E-state index >= 15 is 0 Å². The molecule has 0 atom stereocenters. The zero-order chi connectivity index (χ0) is 21.8. The van der Waals surface area contributed by atoms with Gasteiger partial charge in [-0.3, -0.25) is 4.79 Å². The molecule has 1 saturated heterocycles. The summed E-state index contributed by atoms with van der Waals surface area (Å²) >= 11 is 6.02. The minimum absolute atomic E-state index is 0.156. The first-order valence-corrected chi connectivity index (χ1v) is 10.5. The maximum atomic E-state index is 12.6. The molecule has 0 unspecified atom stereocenters. The van der Waals surface area contributed by atoms with E-state index in [2.05, 4.69) is 10.4 Å². The number of ketones is 1. The number of hydrogen-bond donors (Lipinski definition) is 1. The number of carbonyl (C=O) groups excluding carboxylic acids is 2. The Kier molecular flexibility index (Phi) is 6.23. The molecule has 1 aliphatic rings. The maximum Gasteiger partial charge on any atom is 0.344 e. The van der Waals surface area contributed by atoms with E-state index in [4.69, 9.17) is 16.3 Å². The van der Waals surface area contributed by atoms with Gasteiger partial charge in [0.05, 0.1) is 0 Å². The summed E-state index contributed by atoms with van der Waals surface area (Å²) in [5.41, 5.74) is 1.26. The second-order valence-corrected chi connectivity index (χ2v) is 7.91. The zero-order valence-corrected chi connectivity index (χ0v) is 17.9. The molecule has 31 heavy (non-hydrogen) atoms. The largest absolute Gasteiger partial charge is 0.457 e. The highest BCUT2D eigenvalue weighted by atomic mass is 35.5. The molecule has 0 radical (unpaired) electrons. The number of rotatable bonds is 5. The topological polar surface area (TPSA) is 76.5 Å². The summed E-state index contributed by atoms with van der Waals surface area (Å²) in [6.45, 7) is 2.66. The fourth-order valence-corrected chi connectivity index (χ4v) is 3.71. The number of Topliss-reactive ketones (excluding diaryl/α,β-unsaturated/α-hetero) is 1. The van der Waals surface area contributed by atoms with Gasteiger partial charge in [-0.05, 0) is 49.2 Å². The van der Waals surface area contributed by atoms with Crippen molar-refractivity contribution in [2.24, 2.45) is 0 Å². The van der Waals surface area contributed by atoms with E-state index in [1.165, 1.54) is 17.8 Å². The van der Waals surface area contributed by atoms with Crippen molar-refractivity contribution >= 4 is 29.1 Å². The fraction of sp³-hybridized carbons (Fsp3) is 0.261. The SMILES string of the molecule is CC(=O)c1ccn(C(=O)N2CCC(Nc3cccc(Oc4cccc(Cl)c4)c3)CC2)n1. The van der Waals surface area contributed by atoms with Gasteiger partial charge in [-0.2, -0.15) is 9.78 Å². The predicted molar refractivity (Wildman–Crippen MR) is 119 cm³/mol. The van der Waals surface area contributed by atoms with Crippen LogP contribution in [-0.2, 0) is 0 Å². The van der Waals surface area contributed by atoms with Gasteiger partial charge in [0.15, 0.2) is 5.78 Å². The first-order chi connectivity index (χ1) is 15.0. The van der Waals surface area contributed by atoms with Gasteiger partial charge in [0.25, 0.3) is 0 Å². The van der Waals surface area contributed by atoms with Crippen molar-refractivity contribution in [2.75, 3.05) is 18.4 Å². The number of likely N-dealkylation sites (tertiary alicyclic amines) is 1. The van der Waals surface area contributed by atoms with Crippen LogP contribution in [0.25, 0.3) is 0 Å². The van der Waals surface area contributed by atoms with Crippen LogP contribution in [0.3, 0.4) is 0 Å². The first-order valence-electron chi connectivity index (χ1n) is 10.1. The second-order valence-electron chi connectivity index (χ2n) is 7.48. The van der Waals surface area contributed by atoms with Crippen LogP contribution in [0.15, 0.2) is 60.8 Å². The third kappa shape index (κ3) is 5.24. The molecule has 0 aliphatic carbocycles. The van der Waals surface area contributed by atoms with Crippen molar-refractivity contribution in [3.05, 3.63) is 71.5 Å². The lowest BCUT2D eigenvalue weighted by molar-refractivity contribution is 0.101. The Bertz CT molecular complexity index is 1090. The van der Waals surface area contributed by atoms with Gasteiger partial charge in [0, 0.05) is 49.0 Å². The molecule has 1 aromatic heterocycles. The Labute approximate surface area is 185 Å². The van der Waals surface area contributed by atoms with Crippen molar-refractivity contribution in [1.29, 1.82) is 0 Å². The van der Waals surface area contributed by atoms with Crippen LogP contribution in [0, 0.1) is 0 Å². The van der Waals surface area contributed by atoms with Crippen LogP contribution in [0.2, 0.25) is 5.02 Å². The van der Waals surface area contributed by atoms with Crippen LogP contribution >= 0.6 is 11.6 Å². The number of nitrogens with one attached hydrogen (secondary N) is 1. The molecule has 1 amide bonds. The Balaban J connectivity index is 1.32. The van der Waals surface area contributed by atoms with Gasteiger partial charge in [-0.15, -0.1) is 0 Å². The molecule has 160 valence electrons. The number of anilines is 1. The molecule has 0 bridgehead atoms. The van der Waals surface area contributed by atoms with Gasteiger partial charge in [-0.25, -0.2) is 4.79 Å². The third-order valence-corrected chi connectivity index (χ3v) is 5.38. The highest BCUT2D eigenvalue weighted by Crippen LogP contribution is 2.27. The molecule has 1 fully saturated rings. The van der Waals surface area contributed by atoms with Crippen molar-refractivity contribution in [3.8, 4) is 11.5 Å². The maximum absolute atomic E-state index is 12.6. The van der Waals surface area contributed by atoms with E-state index in [1.807, 2.05) is 36.4 Å². The smallest absolute Gasteiger partial charge is 0.344 e.